The van der Waals surface area contributed by atoms with E-state index in [1.165, 1.54) is 39.6 Å². The number of benzene rings is 1. The molecule has 0 aliphatic carbocycles. The van der Waals surface area contributed by atoms with Gasteiger partial charge in [0.25, 0.3) is 0 Å². The number of ether oxygens (including phenoxy) is 1. The molecule has 0 amide bonds. The summed E-state index contributed by atoms with van der Waals surface area (Å²) in [5, 5.41) is 0. The molecule has 1 aromatic carbocycles. The normalized spacial score (nSPS) is 18.5. The summed E-state index contributed by atoms with van der Waals surface area (Å²) < 4.78 is 36.0. The SMILES string of the molecule is Cc1ccc2c(c1)CN(Cc1cc(=O)c(OCC3CCN(S(C)(=O)=O)CC3)co1)C2. The molecule has 2 aliphatic heterocycles. The van der Waals surface area contributed by atoms with Crippen molar-refractivity contribution < 1.29 is 17.6 Å². The summed E-state index contributed by atoms with van der Waals surface area (Å²) in [6.45, 7) is 5.76. The standard InChI is InChI=1S/C22H28N2O5S/c1-16-3-4-18-11-23(12-19(18)9-16)13-20-10-21(25)22(15-28-20)29-14-17-5-7-24(8-6-17)30(2,26)27/h3-4,9-10,15,17H,5-8,11-14H2,1-2H3. The van der Waals surface area contributed by atoms with Crippen LogP contribution >= 0.6 is 0 Å². The molecular formula is C22H28N2O5S. The van der Waals surface area contributed by atoms with Gasteiger partial charge < -0.3 is 9.15 Å². The highest BCUT2D eigenvalue weighted by Crippen LogP contribution is 2.25. The number of nitrogens with zero attached hydrogens (tertiary/aromatic N) is 2. The van der Waals surface area contributed by atoms with E-state index in [1.807, 2.05) is 0 Å². The van der Waals surface area contributed by atoms with Gasteiger partial charge in [-0.3, -0.25) is 9.69 Å². The summed E-state index contributed by atoms with van der Waals surface area (Å²) in [4.78, 5) is 14.7. The third kappa shape index (κ3) is 4.94. The van der Waals surface area contributed by atoms with Crippen LogP contribution < -0.4 is 10.2 Å². The highest BCUT2D eigenvalue weighted by atomic mass is 32.2. The minimum Gasteiger partial charge on any atom is -0.486 e. The maximum atomic E-state index is 12.4. The van der Waals surface area contributed by atoms with Crippen molar-refractivity contribution in [2.45, 2.75) is 39.4 Å². The van der Waals surface area contributed by atoms with E-state index in [4.69, 9.17) is 9.15 Å². The first-order valence-electron chi connectivity index (χ1n) is 10.3. The Morgan fingerprint density at radius 2 is 1.87 bits per heavy atom. The fourth-order valence-electron chi connectivity index (χ4n) is 4.17. The molecule has 0 bridgehead atoms. The largest absolute Gasteiger partial charge is 0.486 e. The molecule has 0 spiro atoms. The van der Waals surface area contributed by atoms with E-state index in [-0.39, 0.29) is 17.1 Å². The average molecular weight is 433 g/mol. The molecule has 1 fully saturated rings. The molecular weight excluding hydrogens is 404 g/mol. The Bertz CT molecular complexity index is 1070. The zero-order valence-corrected chi connectivity index (χ0v) is 18.3. The number of piperidine rings is 1. The van der Waals surface area contributed by atoms with Gasteiger partial charge in [0.15, 0.2) is 0 Å². The molecule has 162 valence electrons. The molecule has 7 nitrogen and oxygen atoms in total. The second-order valence-corrected chi connectivity index (χ2v) is 10.4. The molecule has 2 aromatic rings. The van der Waals surface area contributed by atoms with Crippen molar-refractivity contribution in [2.24, 2.45) is 5.92 Å². The molecule has 8 heteroatoms. The number of hydrogen-bond acceptors (Lipinski definition) is 6. The first-order chi connectivity index (χ1) is 14.3. The van der Waals surface area contributed by atoms with E-state index < -0.39 is 10.0 Å². The lowest BCUT2D eigenvalue weighted by atomic mass is 9.99. The van der Waals surface area contributed by atoms with E-state index in [2.05, 4.69) is 30.0 Å². The molecule has 30 heavy (non-hydrogen) atoms. The van der Waals surface area contributed by atoms with Crippen LogP contribution in [0, 0.1) is 12.8 Å². The highest BCUT2D eigenvalue weighted by molar-refractivity contribution is 7.88. The van der Waals surface area contributed by atoms with Crippen molar-refractivity contribution >= 4 is 10.0 Å². The highest BCUT2D eigenvalue weighted by Gasteiger charge is 2.25. The van der Waals surface area contributed by atoms with Crippen LogP contribution in [-0.4, -0.2) is 43.6 Å². The molecule has 0 N–H and O–H groups in total. The fraction of sp³-hybridized carbons (Fsp3) is 0.500. The Morgan fingerprint density at radius 1 is 1.13 bits per heavy atom. The number of hydrogen-bond donors (Lipinski definition) is 0. The van der Waals surface area contributed by atoms with Gasteiger partial charge in [-0.05, 0) is 36.8 Å². The predicted molar refractivity (Wildman–Crippen MR) is 114 cm³/mol. The van der Waals surface area contributed by atoms with Gasteiger partial charge in [-0.2, -0.15) is 0 Å². The molecule has 4 rings (SSSR count). The predicted octanol–water partition coefficient (Wildman–Crippen LogP) is 2.51. The smallest absolute Gasteiger partial charge is 0.227 e. The summed E-state index contributed by atoms with van der Waals surface area (Å²) in [7, 11) is -3.13. The van der Waals surface area contributed by atoms with Crippen molar-refractivity contribution in [1.29, 1.82) is 0 Å². The van der Waals surface area contributed by atoms with Gasteiger partial charge in [-0.15, -0.1) is 0 Å². The number of aryl methyl sites for hydroxylation is 1. The molecule has 0 radical (unpaired) electrons. The molecule has 0 saturated carbocycles. The second kappa shape index (κ2) is 8.53. The van der Waals surface area contributed by atoms with Crippen molar-refractivity contribution in [1.82, 2.24) is 9.21 Å². The van der Waals surface area contributed by atoms with Crippen LogP contribution in [0.5, 0.6) is 5.75 Å². The second-order valence-electron chi connectivity index (χ2n) is 8.41. The van der Waals surface area contributed by atoms with Crippen LogP contribution in [0.15, 0.2) is 39.7 Å². The lowest BCUT2D eigenvalue weighted by Crippen LogP contribution is -2.39. The van der Waals surface area contributed by atoms with Gasteiger partial charge in [0.1, 0.15) is 12.0 Å². The van der Waals surface area contributed by atoms with Crippen molar-refractivity contribution in [3.05, 3.63) is 63.2 Å². The van der Waals surface area contributed by atoms with Gasteiger partial charge in [0, 0.05) is 32.2 Å². The number of sulfonamides is 1. The van der Waals surface area contributed by atoms with Gasteiger partial charge >= 0.3 is 0 Å². The zero-order valence-electron chi connectivity index (χ0n) is 17.5. The third-order valence-electron chi connectivity index (χ3n) is 5.90. The molecule has 0 unspecified atom stereocenters. The van der Waals surface area contributed by atoms with E-state index in [1.54, 1.807) is 0 Å². The Kier molecular flexibility index (Phi) is 5.99. The topological polar surface area (TPSA) is 80.1 Å². The maximum absolute atomic E-state index is 12.4. The van der Waals surface area contributed by atoms with Crippen LogP contribution in [0.3, 0.4) is 0 Å². The number of rotatable bonds is 6. The Labute approximate surface area is 177 Å². The molecule has 1 saturated heterocycles. The number of fused-ring (bicyclic) bond motifs is 1. The average Bonchev–Trinajstić information content (AvgIpc) is 3.08. The summed E-state index contributed by atoms with van der Waals surface area (Å²) in [6.07, 6.45) is 4.09. The van der Waals surface area contributed by atoms with Gasteiger partial charge in [-0.25, -0.2) is 12.7 Å². The van der Waals surface area contributed by atoms with Crippen LogP contribution in [0.1, 0.15) is 35.3 Å². The Hall–Kier alpha value is -2.16. The van der Waals surface area contributed by atoms with Gasteiger partial charge in [0.05, 0.1) is 19.4 Å². The van der Waals surface area contributed by atoms with Crippen molar-refractivity contribution in [3.8, 4) is 5.75 Å². The molecule has 2 aliphatic rings. The Balaban J connectivity index is 1.29. The minimum atomic E-state index is -3.13. The van der Waals surface area contributed by atoms with Crippen LogP contribution in [0.25, 0.3) is 0 Å². The van der Waals surface area contributed by atoms with Crippen LogP contribution in [0.4, 0.5) is 0 Å². The summed E-state index contributed by atoms with van der Waals surface area (Å²) >= 11 is 0. The van der Waals surface area contributed by atoms with Crippen molar-refractivity contribution in [2.75, 3.05) is 26.0 Å². The van der Waals surface area contributed by atoms with Crippen LogP contribution in [-0.2, 0) is 29.7 Å². The molecule has 1 aromatic heterocycles. The minimum absolute atomic E-state index is 0.183. The van der Waals surface area contributed by atoms with E-state index in [9.17, 15) is 13.2 Å². The summed E-state index contributed by atoms with van der Waals surface area (Å²) in [6, 6.07) is 8.01. The van der Waals surface area contributed by atoms with E-state index in [0.717, 1.165) is 25.9 Å². The first kappa shape index (κ1) is 21.1. The van der Waals surface area contributed by atoms with Crippen LogP contribution in [0.2, 0.25) is 0 Å². The first-order valence-corrected chi connectivity index (χ1v) is 12.1. The lowest BCUT2D eigenvalue weighted by molar-refractivity contribution is 0.180. The van der Waals surface area contributed by atoms with Crippen molar-refractivity contribution in [3.63, 3.8) is 0 Å². The molecule has 3 heterocycles. The zero-order chi connectivity index (χ0) is 21.3. The lowest BCUT2D eigenvalue weighted by Gasteiger charge is -2.29. The van der Waals surface area contributed by atoms with Gasteiger partial charge in [-0.1, -0.05) is 23.8 Å². The third-order valence-corrected chi connectivity index (χ3v) is 7.20. The summed E-state index contributed by atoms with van der Waals surface area (Å²) in [5.41, 5.74) is 3.73. The Morgan fingerprint density at radius 3 is 2.57 bits per heavy atom. The van der Waals surface area contributed by atoms with E-state index in [0.29, 0.717) is 32.0 Å². The fourth-order valence-corrected chi connectivity index (χ4v) is 5.04. The quantitative estimate of drug-likeness (QED) is 0.698. The molecule has 0 atom stereocenters. The van der Waals surface area contributed by atoms with Gasteiger partial charge in [0.2, 0.25) is 21.2 Å². The maximum Gasteiger partial charge on any atom is 0.227 e. The monoisotopic (exact) mass is 432 g/mol. The summed E-state index contributed by atoms with van der Waals surface area (Å²) in [5.74, 6) is 1.07. The van der Waals surface area contributed by atoms with E-state index >= 15 is 0 Å².